The molecular weight excluding hydrogens is 440 g/mol. The van der Waals surface area contributed by atoms with Gasteiger partial charge in [0.1, 0.15) is 0 Å². The maximum absolute atomic E-state index is 12.9. The van der Waals surface area contributed by atoms with Crippen molar-refractivity contribution in [3.63, 3.8) is 0 Å². The van der Waals surface area contributed by atoms with E-state index in [0.717, 1.165) is 0 Å². The van der Waals surface area contributed by atoms with Gasteiger partial charge in [-0.2, -0.15) is 0 Å². The number of benzene rings is 2. The number of nitrogens with zero attached hydrogens (tertiary/aromatic N) is 1. The van der Waals surface area contributed by atoms with E-state index < -0.39 is 21.9 Å². The summed E-state index contributed by atoms with van der Waals surface area (Å²) in [6.45, 7) is 2.20. The van der Waals surface area contributed by atoms with Gasteiger partial charge in [0.2, 0.25) is 15.9 Å². The molecule has 1 atom stereocenters. The zero-order valence-electron chi connectivity index (χ0n) is 17.4. The first-order valence-corrected chi connectivity index (χ1v) is 11.9. The van der Waals surface area contributed by atoms with Gasteiger partial charge in [-0.1, -0.05) is 35.9 Å². The summed E-state index contributed by atoms with van der Waals surface area (Å²) in [6.07, 6.45) is 1.17. The van der Waals surface area contributed by atoms with E-state index >= 15 is 0 Å². The monoisotopic (exact) mass is 464 g/mol. The van der Waals surface area contributed by atoms with Gasteiger partial charge >= 0.3 is 5.97 Å². The minimum atomic E-state index is -3.62. The number of ether oxygens (including phenoxy) is 1. The van der Waals surface area contributed by atoms with Gasteiger partial charge in [-0.15, -0.1) is 0 Å². The first-order valence-electron chi connectivity index (χ1n) is 9.93. The second-order valence-corrected chi connectivity index (χ2v) is 9.88. The van der Waals surface area contributed by atoms with Gasteiger partial charge in [-0.25, -0.2) is 17.5 Å². The Morgan fingerprint density at radius 1 is 1.19 bits per heavy atom. The number of amides is 1. The molecule has 0 unspecified atom stereocenters. The first-order chi connectivity index (χ1) is 14.7. The van der Waals surface area contributed by atoms with E-state index in [1.165, 1.54) is 11.4 Å². The van der Waals surface area contributed by atoms with Crippen molar-refractivity contribution in [1.29, 1.82) is 0 Å². The number of esters is 1. The molecule has 0 radical (unpaired) electrons. The minimum absolute atomic E-state index is 0.106. The van der Waals surface area contributed by atoms with E-state index in [1.54, 1.807) is 49.4 Å². The number of rotatable bonds is 6. The molecule has 1 aliphatic rings. The number of halogens is 1. The van der Waals surface area contributed by atoms with Gasteiger partial charge in [-0.05, 0) is 49.1 Å². The van der Waals surface area contributed by atoms with Crippen LogP contribution in [0.25, 0.3) is 0 Å². The fourth-order valence-corrected chi connectivity index (χ4v) is 5.57. The first kappa shape index (κ1) is 23.2. The van der Waals surface area contributed by atoms with Gasteiger partial charge in [0.05, 0.1) is 24.3 Å². The summed E-state index contributed by atoms with van der Waals surface area (Å²) in [7, 11) is -2.32. The molecule has 0 aliphatic carbocycles. The van der Waals surface area contributed by atoms with Crippen LogP contribution < -0.4 is 5.32 Å². The standard InChI is InChI=1S/C22H25ClN2O5S/c1-15-18(22(27)30-2)9-5-11-20(15)24-21(26)16-8-6-12-25(13-16)31(28,29)14-17-7-3-4-10-19(17)23/h3-5,7,9-11,16H,6,8,12-14H2,1-2H3,(H,24,26)/t16-/m0/s1. The number of anilines is 1. The van der Waals surface area contributed by atoms with Crippen molar-refractivity contribution in [2.45, 2.75) is 25.5 Å². The number of sulfonamides is 1. The van der Waals surface area contributed by atoms with E-state index in [2.05, 4.69) is 5.32 Å². The third-order valence-electron chi connectivity index (χ3n) is 5.44. The van der Waals surface area contributed by atoms with Crippen LogP contribution >= 0.6 is 11.6 Å². The van der Waals surface area contributed by atoms with Crippen LogP contribution in [0.4, 0.5) is 5.69 Å². The molecule has 2 aromatic rings. The highest BCUT2D eigenvalue weighted by Gasteiger charge is 2.33. The lowest BCUT2D eigenvalue weighted by Crippen LogP contribution is -2.44. The summed E-state index contributed by atoms with van der Waals surface area (Å²) in [6, 6.07) is 11.8. The minimum Gasteiger partial charge on any atom is -0.465 e. The molecular formula is C22H25ClN2O5S. The summed E-state index contributed by atoms with van der Waals surface area (Å²) >= 11 is 6.12. The Bertz CT molecular complexity index is 1090. The van der Waals surface area contributed by atoms with Crippen LogP contribution in [0.3, 0.4) is 0 Å². The van der Waals surface area contributed by atoms with Gasteiger partial charge in [0.25, 0.3) is 0 Å². The summed E-state index contributed by atoms with van der Waals surface area (Å²) in [5.41, 5.74) is 2.00. The molecule has 0 aromatic heterocycles. The average molecular weight is 465 g/mol. The molecule has 1 N–H and O–H groups in total. The molecule has 1 heterocycles. The molecule has 1 fully saturated rings. The molecule has 1 saturated heterocycles. The number of carbonyl (C=O) groups is 2. The smallest absolute Gasteiger partial charge is 0.338 e. The van der Waals surface area contributed by atoms with Gasteiger partial charge < -0.3 is 10.1 Å². The molecule has 166 valence electrons. The molecule has 0 saturated carbocycles. The highest BCUT2D eigenvalue weighted by Crippen LogP contribution is 2.26. The van der Waals surface area contributed by atoms with Crippen LogP contribution in [0, 0.1) is 12.8 Å². The Morgan fingerprint density at radius 3 is 2.65 bits per heavy atom. The number of nitrogens with one attached hydrogen (secondary N) is 1. The van der Waals surface area contributed by atoms with Crippen molar-refractivity contribution in [3.05, 3.63) is 64.2 Å². The zero-order valence-corrected chi connectivity index (χ0v) is 19.0. The van der Waals surface area contributed by atoms with Crippen LogP contribution in [0.1, 0.15) is 34.3 Å². The highest BCUT2D eigenvalue weighted by molar-refractivity contribution is 7.88. The Kier molecular flexibility index (Phi) is 7.35. The normalized spacial score (nSPS) is 17.2. The molecule has 1 aliphatic heterocycles. The number of hydrogen-bond donors (Lipinski definition) is 1. The van der Waals surface area contributed by atoms with E-state index in [9.17, 15) is 18.0 Å². The van der Waals surface area contributed by atoms with Gasteiger partial charge in [0.15, 0.2) is 0 Å². The fourth-order valence-electron chi connectivity index (χ4n) is 3.65. The van der Waals surface area contributed by atoms with E-state index in [4.69, 9.17) is 16.3 Å². The third-order valence-corrected chi connectivity index (χ3v) is 7.60. The predicted molar refractivity (Wildman–Crippen MR) is 120 cm³/mol. The topological polar surface area (TPSA) is 92.8 Å². The fraction of sp³-hybridized carbons (Fsp3) is 0.364. The molecule has 7 nitrogen and oxygen atoms in total. The van der Waals surface area contributed by atoms with Crippen molar-refractivity contribution >= 4 is 39.2 Å². The van der Waals surface area contributed by atoms with E-state index in [0.29, 0.717) is 46.8 Å². The molecule has 0 spiro atoms. The Morgan fingerprint density at radius 2 is 1.94 bits per heavy atom. The van der Waals surface area contributed by atoms with Crippen molar-refractivity contribution in [3.8, 4) is 0 Å². The van der Waals surface area contributed by atoms with Crippen molar-refractivity contribution < 1.29 is 22.7 Å². The lowest BCUT2D eigenvalue weighted by atomic mass is 9.98. The summed E-state index contributed by atoms with van der Waals surface area (Å²) in [5.74, 6) is -1.46. The second kappa shape index (κ2) is 9.80. The SMILES string of the molecule is COC(=O)c1cccc(NC(=O)[C@H]2CCCN(S(=O)(=O)Cc3ccccc3Cl)C2)c1C. The quantitative estimate of drug-likeness (QED) is 0.659. The van der Waals surface area contributed by atoms with Gasteiger partial charge in [-0.3, -0.25) is 4.79 Å². The number of hydrogen-bond acceptors (Lipinski definition) is 5. The Balaban J connectivity index is 1.71. The molecule has 9 heteroatoms. The van der Waals surface area contributed by atoms with Crippen LogP contribution in [0.5, 0.6) is 0 Å². The van der Waals surface area contributed by atoms with E-state index in [-0.39, 0.29) is 18.2 Å². The molecule has 3 rings (SSSR count). The maximum Gasteiger partial charge on any atom is 0.338 e. The Hall–Kier alpha value is -2.42. The van der Waals surface area contributed by atoms with E-state index in [1.807, 2.05) is 0 Å². The maximum atomic E-state index is 12.9. The third kappa shape index (κ3) is 5.44. The molecule has 0 bridgehead atoms. The number of carbonyl (C=O) groups excluding carboxylic acids is 2. The van der Waals surface area contributed by atoms with Crippen molar-refractivity contribution in [2.75, 3.05) is 25.5 Å². The van der Waals surface area contributed by atoms with Crippen LogP contribution in [-0.4, -0.2) is 44.8 Å². The number of methoxy groups -OCH3 is 1. The van der Waals surface area contributed by atoms with Gasteiger partial charge in [0, 0.05) is 23.8 Å². The second-order valence-electron chi connectivity index (χ2n) is 7.50. The van der Waals surface area contributed by atoms with Crippen molar-refractivity contribution in [1.82, 2.24) is 4.31 Å². The summed E-state index contributed by atoms with van der Waals surface area (Å²) < 4.78 is 32.0. The zero-order chi connectivity index (χ0) is 22.6. The number of piperidine rings is 1. The van der Waals surface area contributed by atoms with Crippen LogP contribution in [0.2, 0.25) is 5.02 Å². The van der Waals surface area contributed by atoms with Crippen molar-refractivity contribution in [2.24, 2.45) is 5.92 Å². The van der Waals surface area contributed by atoms with Crippen LogP contribution in [-0.2, 0) is 25.3 Å². The lowest BCUT2D eigenvalue weighted by molar-refractivity contribution is -0.120. The average Bonchev–Trinajstić information content (AvgIpc) is 2.76. The highest BCUT2D eigenvalue weighted by atomic mass is 35.5. The lowest BCUT2D eigenvalue weighted by Gasteiger charge is -2.31. The van der Waals surface area contributed by atoms with Crippen LogP contribution in [0.15, 0.2) is 42.5 Å². The molecule has 2 aromatic carbocycles. The predicted octanol–water partition coefficient (Wildman–Crippen LogP) is 3.62. The molecule has 1 amide bonds. The summed E-state index contributed by atoms with van der Waals surface area (Å²) in [5, 5.41) is 3.24. The summed E-state index contributed by atoms with van der Waals surface area (Å²) in [4.78, 5) is 24.8. The molecule has 31 heavy (non-hydrogen) atoms. The largest absolute Gasteiger partial charge is 0.465 e. The Labute approximate surface area is 187 Å².